The Kier molecular flexibility index (Phi) is 26.5. The topological polar surface area (TPSA) is 265 Å². The quantitative estimate of drug-likeness (QED) is 0.0364. The van der Waals surface area contributed by atoms with Gasteiger partial charge in [-0.25, -0.2) is 29.8 Å². The van der Waals surface area contributed by atoms with Gasteiger partial charge in [0.05, 0.1) is 70.8 Å². The minimum atomic E-state index is -4.88. The first-order valence-electron chi connectivity index (χ1n) is 22.2. The van der Waals surface area contributed by atoms with Crippen LogP contribution >= 0.6 is 0 Å². The summed E-state index contributed by atoms with van der Waals surface area (Å²) < 4.78 is 137. The molecule has 23 heteroatoms. The number of aliphatic carboxylic acids is 1. The molecule has 2 heterocycles. The van der Waals surface area contributed by atoms with Crippen LogP contribution in [0.1, 0.15) is 89.5 Å². The Bertz CT molecular complexity index is 2580. The number of anilines is 1. The van der Waals surface area contributed by atoms with Crippen molar-refractivity contribution in [2.75, 3.05) is 89.4 Å². The van der Waals surface area contributed by atoms with E-state index in [4.69, 9.17) is 23.4 Å². The Morgan fingerprint density at radius 2 is 1.42 bits per heavy atom. The van der Waals surface area contributed by atoms with Crippen LogP contribution in [0.25, 0.3) is 17.4 Å². The normalized spacial score (nSPS) is 16.5. The summed E-state index contributed by atoms with van der Waals surface area (Å²) in [6, 6.07) is 11.6. The summed E-state index contributed by atoms with van der Waals surface area (Å²) in [5.41, 5.74) is 1.70. The third-order valence-corrected chi connectivity index (χ3v) is 13.7. The van der Waals surface area contributed by atoms with Crippen LogP contribution in [0, 0.1) is 0 Å². The Hall–Kier alpha value is -2.03. The third kappa shape index (κ3) is 20.8. The van der Waals surface area contributed by atoms with Gasteiger partial charge in [-0.05, 0) is 80.1 Å². The Labute approximate surface area is 451 Å². The molecule has 374 valence electrons. The van der Waals surface area contributed by atoms with Crippen LogP contribution in [0.4, 0.5) is 5.69 Å². The molecular weight excluding hydrogens is 979 g/mol. The number of methoxy groups -OCH3 is 1. The predicted octanol–water partition coefficient (Wildman–Crippen LogP) is -1.36. The molecule has 0 saturated heterocycles. The van der Waals surface area contributed by atoms with Crippen molar-refractivity contribution in [3.05, 3.63) is 82.6 Å². The molecule has 0 spiro atoms. The maximum atomic E-state index is 12.2. The van der Waals surface area contributed by atoms with Crippen LogP contribution in [0.2, 0.25) is 0 Å². The summed E-state index contributed by atoms with van der Waals surface area (Å²) in [7, 11) is -12.3. The van der Waals surface area contributed by atoms with Crippen molar-refractivity contribution in [3.8, 4) is 11.3 Å². The smallest absolute Gasteiger partial charge is 0.748 e. The molecule has 1 aromatic rings. The second kappa shape index (κ2) is 29.0. The van der Waals surface area contributed by atoms with Gasteiger partial charge in [-0.1, -0.05) is 39.3 Å². The number of nitrogens with zero attached hydrogens (tertiary/aromatic N) is 2. The molecule has 1 unspecified atom stereocenters. The van der Waals surface area contributed by atoms with Crippen molar-refractivity contribution in [1.82, 2.24) is 4.58 Å². The number of ether oxygens (including phenoxy) is 4. The van der Waals surface area contributed by atoms with Crippen LogP contribution in [0.15, 0.2) is 69.6 Å². The van der Waals surface area contributed by atoms with Crippen molar-refractivity contribution >= 4 is 48.1 Å². The molecule has 0 radical (unpaired) electrons. The molecule has 1 aromatic carbocycles. The van der Waals surface area contributed by atoms with E-state index in [-0.39, 0.29) is 97.9 Å². The molecule has 0 aromatic heterocycles. The fourth-order valence-corrected chi connectivity index (χ4v) is 9.30. The van der Waals surface area contributed by atoms with Gasteiger partial charge < -0.3 is 47.0 Å². The molecule has 2 aliphatic heterocycles. The zero-order valence-corrected chi connectivity index (χ0v) is 47.3. The van der Waals surface area contributed by atoms with E-state index < -0.39 is 63.6 Å². The fraction of sp³-hybridized carbons (Fsp3) is 0.565. The van der Waals surface area contributed by atoms with Gasteiger partial charge in [-0.15, -0.1) is 0 Å². The Balaban J connectivity index is 0.00000817. The van der Waals surface area contributed by atoms with E-state index in [0.29, 0.717) is 106 Å². The van der Waals surface area contributed by atoms with Crippen LogP contribution in [-0.4, -0.2) is 134 Å². The molecular formula is C46H64N2Na2O16S3. The molecule has 0 amide bonds. The zero-order valence-electron chi connectivity index (χ0n) is 40.9. The van der Waals surface area contributed by atoms with Crippen molar-refractivity contribution < 1.29 is 131 Å². The standard InChI is InChI=1S/C46H66N2O16S3.2Na/c1-45(2,3)43-32-35(38-17-15-36(33-41(38)64-43)47(20-11-31-66(54,55)56)22-23-61-26-27-63-29-28-62-25-24-60-5)12-9-13-42-46(4,19-10-30-65(51,52)53)39-34-37(67(57,58)59)16-18-40(39)48(42)21-8-6-7-14-44(49)50;;/h9,12-13,15-18,32-34H,6-8,10-11,14,19-31H2,1-5H3,(H3-,49,50,51,52,53,54,55,56,57,58,59);;/q;2*+1/p-2. The number of allylic oxidation sites excluding steroid dienone is 3. The summed E-state index contributed by atoms with van der Waals surface area (Å²) in [5.74, 6) is -0.943. The molecule has 1 aliphatic carbocycles. The van der Waals surface area contributed by atoms with Gasteiger partial charge in [0, 0.05) is 71.8 Å². The van der Waals surface area contributed by atoms with Crippen molar-refractivity contribution in [1.29, 1.82) is 0 Å². The molecule has 0 bridgehead atoms. The number of carboxylic acids is 1. The maximum Gasteiger partial charge on any atom is 1.00 e. The first-order chi connectivity index (χ1) is 31.4. The average Bonchev–Trinajstić information content (AvgIpc) is 3.45. The zero-order chi connectivity index (χ0) is 49.5. The maximum absolute atomic E-state index is 12.2. The third-order valence-electron chi connectivity index (χ3n) is 11.3. The van der Waals surface area contributed by atoms with E-state index in [2.05, 4.69) is 0 Å². The summed E-state index contributed by atoms with van der Waals surface area (Å²) in [6.07, 6.45) is 7.22. The molecule has 0 fully saturated rings. The number of carboxylic acid groups (broad SMARTS) is 1. The summed E-state index contributed by atoms with van der Waals surface area (Å²) >= 11 is 0. The van der Waals surface area contributed by atoms with E-state index in [1.54, 1.807) is 7.11 Å². The van der Waals surface area contributed by atoms with Crippen LogP contribution in [0.5, 0.6) is 0 Å². The van der Waals surface area contributed by atoms with E-state index in [0.717, 1.165) is 11.1 Å². The van der Waals surface area contributed by atoms with Crippen LogP contribution < -0.4 is 73.9 Å². The van der Waals surface area contributed by atoms with Crippen LogP contribution in [0.3, 0.4) is 0 Å². The number of hydrogen-bond acceptors (Lipinski definition) is 16. The van der Waals surface area contributed by atoms with Gasteiger partial charge in [-0.2, -0.15) is 0 Å². The van der Waals surface area contributed by atoms with Crippen molar-refractivity contribution in [3.63, 3.8) is 0 Å². The summed E-state index contributed by atoms with van der Waals surface area (Å²) in [4.78, 5) is 12.7. The van der Waals surface area contributed by atoms with Crippen molar-refractivity contribution in [2.24, 2.45) is 0 Å². The number of rotatable bonds is 29. The number of fused-ring (bicyclic) bond motifs is 2. The summed E-state index contributed by atoms with van der Waals surface area (Å²) in [5, 5.41) is 9.88. The van der Waals surface area contributed by atoms with Gasteiger partial charge in [0.1, 0.15) is 34.8 Å². The molecule has 1 atom stereocenters. The number of benzene rings is 2. The molecule has 3 aliphatic rings. The first-order valence-corrected chi connectivity index (χ1v) is 26.7. The number of hydrogen-bond donors (Lipinski definition) is 1. The fourth-order valence-electron chi connectivity index (χ4n) is 7.83. The second-order valence-electron chi connectivity index (χ2n) is 17.5. The molecule has 18 nitrogen and oxygen atoms in total. The van der Waals surface area contributed by atoms with Gasteiger partial charge in [0.2, 0.25) is 5.36 Å². The van der Waals surface area contributed by atoms with E-state index >= 15 is 0 Å². The first kappa shape index (κ1) is 63.1. The van der Waals surface area contributed by atoms with E-state index in [1.807, 2.05) is 79.7 Å². The van der Waals surface area contributed by atoms with Gasteiger partial charge in [-0.3, -0.25) is 4.79 Å². The minimum Gasteiger partial charge on any atom is -0.748 e. The monoisotopic (exact) mass is 1040 g/mol. The molecule has 69 heavy (non-hydrogen) atoms. The van der Waals surface area contributed by atoms with E-state index in [1.165, 1.54) is 18.2 Å². The average molecular weight is 1040 g/mol. The molecule has 1 N–H and O–H groups in total. The van der Waals surface area contributed by atoms with Gasteiger partial charge in [0.15, 0.2) is 6.54 Å². The van der Waals surface area contributed by atoms with Gasteiger partial charge >= 0.3 is 65.1 Å². The predicted molar refractivity (Wildman–Crippen MR) is 249 cm³/mol. The molecule has 0 saturated carbocycles. The molecule has 4 rings (SSSR count). The second-order valence-corrected chi connectivity index (χ2v) is 22.0. The number of carbonyl (C=O) groups is 1. The van der Waals surface area contributed by atoms with Crippen LogP contribution in [-0.2, 0) is 64.9 Å². The van der Waals surface area contributed by atoms with Gasteiger partial charge in [0.25, 0.3) is 0 Å². The van der Waals surface area contributed by atoms with Crippen molar-refractivity contribution in [2.45, 2.75) is 88.4 Å². The number of unbranched alkanes of at least 4 members (excludes halogenated alkanes) is 2. The Morgan fingerprint density at radius 3 is 2.01 bits per heavy atom. The van der Waals surface area contributed by atoms with E-state index in [9.17, 15) is 48.8 Å². The summed E-state index contributed by atoms with van der Waals surface area (Å²) in [6.45, 7) is 11.5. The SMILES string of the molecule is COCCOCCOCCOCC[N+](CCCS(=O)(=O)[O-])=c1ccc2c(/C=C/C=C3\N(CCCCCC(=O)O)c4ccc(S(=O)(=O)[O-])cc4C3(C)CCCS(=O)(=O)[O-])cc(C(C)(C)C)oc-2c1.[Na+].[Na+]. The largest absolute Gasteiger partial charge is 1.00 e. The Morgan fingerprint density at radius 1 is 0.797 bits per heavy atom. The minimum absolute atomic E-state index is 0.